The Balaban J connectivity index is 1.75. The highest BCUT2D eigenvalue weighted by Crippen LogP contribution is 2.60. The predicted octanol–water partition coefficient (Wildman–Crippen LogP) is 5.95. The molecule has 3 rings (SSSR count). The number of halogens is 2. The van der Waals surface area contributed by atoms with Crippen molar-refractivity contribution in [3.63, 3.8) is 0 Å². The first-order chi connectivity index (χ1) is 14.7. The van der Waals surface area contributed by atoms with E-state index in [9.17, 15) is 24.1 Å². The van der Waals surface area contributed by atoms with E-state index >= 15 is 0 Å². The largest absolute Gasteiger partial charge is 0.393 e. The van der Waals surface area contributed by atoms with Crippen LogP contribution in [-0.2, 0) is 0 Å². The van der Waals surface area contributed by atoms with E-state index in [1.165, 1.54) is 19.4 Å². The molecule has 3 fully saturated rings. The average molecular weight is 453 g/mol. The lowest BCUT2D eigenvalue weighted by molar-refractivity contribution is -0.0949. The van der Waals surface area contributed by atoms with Gasteiger partial charge in [0.05, 0.1) is 17.8 Å². The minimum Gasteiger partial charge on any atom is -0.393 e. The van der Waals surface area contributed by atoms with E-state index < -0.39 is 30.2 Å². The third-order valence-corrected chi connectivity index (χ3v) is 8.30. The van der Waals surface area contributed by atoms with Gasteiger partial charge in [-0.25, -0.2) is 8.78 Å². The Bertz CT molecular complexity index is 763. The van der Waals surface area contributed by atoms with E-state index in [0.717, 1.165) is 37.7 Å². The lowest BCUT2D eigenvalue weighted by Gasteiger charge is -2.45. The van der Waals surface area contributed by atoms with Crippen molar-refractivity contribution in [2.24, 2.45) is 23.2 Å². The van der Waals surface area contributed by atoms with Crippen molar-refractivity contribution < 1.29 is 24.1 Å². The molecule has 0 heterocycles. The highest BCUT2D eigenvalue weighted by atomic mass is 19.3. The topological polar surface area (TPSA) is 60.7 Å². The third-order valence-electron chi connectivity index (χ3n) is 8.30. The molecule has 0 radical (unpaired) electrons. The first-order valence-corrected chi connectivity index (χ1v) is 12.3. The van der Waals surface area contributed by atoms with Crippen molar-refractivity contribution in [3.8, 4) is 0 Å². The van der Waals surface area contributed by atoms with Crippen LogP contribution in [0.25, 0.3) is 0 Å². The molecule has 0 unspecified atom stereocenters. The van der Waals surface area contributed by atoms with Gasteiger partial charge in [-0.2, -0.15) is 0 Å². The van der Waals surface area contributed by atoms with Gasteiger partial charge in [-0.3, -0.25) is 0 Å². The number of rotatable bonds is 6. The molecule has 0 aromatic rings. The van der Waals surface area contributed by atoms with E-state index in [1.54, 1.807) is 0 Å². The lowest BCUT2D eigenvalue weighted by Crippen LogP contribution is -2.39. The van der Waals surface area contributed by atoms with E-state index in [1.807, 2.05) is 13.0 Å². The second-order valence-corrected chi connectivity index (χ2v) is 11.7. The van der Waals surface area contributed by atoms with Gasteiger partial charge in [-0.15, -0.1) is 0 Å². The number of aliphatic hydroxyl groups is 3. The summed E-state index contributed by atoms with van der Waals surface area (Å²) in [5.74, 6) is -2.35. The molecule has 0 saturated heterocycles. The SMILES string of the molecule is C=C1/C(=C/C=C2\CCC[C@]3(C)[C@@H]([C@H](C)CC(F)(F)CC(C)(C)O)CC[C@@H]23)C[C@@H](O)C[C@@H]1O. The number of allylic oxidation sites excluding steroid dienone is 3. The summed E-state index contributed by atoms with van der Waals surface area (Å²) in [5.41, 5.74) is 1.61. The van der Waals surface area contributed by atoms with Gasteiger partial charge in [0, 0.05) is 19.3 Å². The van der Waals surface area contributed by atoms with Crippen LogP contribution < -0.4 is 0 Å². The van der Waals surface area contributed by atoms with Crippen LogP contribution in [0.2, 0.25) is 0 Å². The van der Waals surface area contributed by atoms with Crippen molar-refractivity contribution in [3.05, 3.63) is 35.5 Å². The Kier molecular flexibility index (Phi) is 7.44. The van der Waals surface area contributed by atoms with Crippen LogP contribution in [0.3, 0.4) is 0 Å². The summed E-state index contributed by atoms with van der Waals surface area (Å²) in [4.78, 5) is 0. The highest BCUT2D eigenvalue weighted by molar-refractivity contribution is 5.38. The van der Waals surface area contributed by atoms with Gasteiger partial charge in [-0.05, 0) is 86.7 Å². The maximum Gasteiger partial charge on any atom is 0.251 e. The third kappa shape index (κ3) is 5.71. The summed E-state index contributed by atoms with van der Waals surface area (Å²) in [6.45, 7) is 11.1. The van der Waals surface area contributed by atoms with Crippen molar-refractivity contribution >= 4 is 0 Å². The molecular formula is C27H42F2O3. The normalized spacial score (nSPS) is 37.7. The number of fused-ring (bicyclic) bond motifs is 1. The molecule has 3 aliphatic rings. The van der Waals surface area contributed by atoms with Crippen LogP contribution in [-0.4, -0.2) is 39.1 Å². The van der Waals surface area contributed by atoms with E-state index in [4.69, 9.17) is 0 Å². The monoisotopic (exact) mass is 452 g/mol. The second kappa shape index (κ2) is 9.31. The summed E-state index contributed by atoms with van der Waals surface area (Å²) < 4.78 is 29.3. The maximum atomic E-state index is 14.6. The van der Waals surface area contributed by atoms with Gasteiger partial charge < -0.3 is 15.3 Å². The molecule has 3 aliphatic carbocycles. The minimum atomic E-state index is -2.87. The molecular weight excluding hydrogens is 410 g/mol. The number of aliphatic hydroxyl groups excluding tert-OH is 2. The van der Waals surface area contributed by atoms with E-state index in [-0.39, 0.29) is 23.7 Å². The molecule has 5 heteroatoms. The minimum absolute atomic E-state index is 0.00935. The standard InChI is InChI=1S/C27H42F2O3/c1-17(15-27(28,29)16-25(3,4)32)22-10-11-23-19(7-6-12-26(22,23)5)8-9-20-13-21(30)14-24(31)18(20)2/h8-9,17,21-24,30-32H,2,6-7,10-16H2,1,3-5H3/b19-8+,20-9+/t17-,21-,22-,23+,24+,26-/m1/s1. The zero-order chi connectivity index (χ0) is 23.9. The first-order valence-electron chi connectivity index (χ1n) is 12.3. The fraction of sp³-hybridized carbons (Fsp3) is 0.778. The van der Waals surface area contributed by atoms with Crippen LogP contribution in [0.1, 0.15) is 85.5 Å². The number of hydrogen-bond acceptors (Lipinski definition) is 3. The van der Waals surface area contributed by atoms with Gasteiger partial charge in [0.15, 0.2) is 0 Å². The van der Waals surface area contributed by atoms with Crippen molar-refractivity contribution in [2.75, 3.05) is 0 Å². The van der Waals surface area contributed by atoms with Crippen LogP contribution in [0.15, 0.2) is 35.5 Å². The summed E-state index contributed by atoms with van der Waals surface area (Å²) in [6, 6.07) is 0. The fourth-order valence-electron chi connectivity index (χ4n) is 7.00. The molecule has 3 saturated carbocycles. The summed E-state index contributed by atoms with van der Waals surface area (Å²) in [5, 5.41) is 30.0. The van der Waals surface area contributed by atoms with Gasteiger partial charge in [0.2, 0.25) is 0 Å². The molecule has 3 nitrogen and oxygen atoms in total. The molecule has 0 aromatic carbocycles. The molecule has 0 spiro atoms. The van der Waals surface area contributed by atoms with Crippen LogP contribution in [0.5, 0.6) is 0 Å². The first kappa shape index (κ1) is 25.6. The van der Waals surface area contributed by atoms with Crippen LogP contribution in [0, 0.1) is 23.2 Å². The summed E-state index contributed by atoms with van der Waals surface area (Å²) in [6.07, 6.45) is 8.20. The molecule has 6 atom stereocenters. The summed E-state index contributed by atoms with van der Waals surface area (Å²) in [7, 11) is 0. The molecule has 0 amide bonds. The Morgan fingerprint density at radius 1 is 1.22 bits per heavy atom. The maximum absolute atomic E-state index is 14.6. The quantitative estimate of drug-likeness (QED) is 0.467. The van der Waals surface area contributed by atoms with Gasteiger partial charge >= 0.3 is 0 Å². The molecule has 0 aromatic heterocycles. The molecule has 32 heavy (non-hydrogen) atoms. The zero-order valence-corrected chi connectivity index (χ0v) is 20.2. The lowest BCUT2D eigenvalue weighted by atomic mass is 9.60. The van der Waals surface area contributed by atoms with Crippen molar-refractivity contribution in [1.29, 1.82) is 0 Å². The Labute approximate surface area is 192 Å². The van der Waals surface area contributed by atoms with Gasteiger partial charge in [0.25, 0.3) is 5.92 Å². The fourth-order valence-corrected chi connectivity index (χ4v) is 7.00. The molecule has 182 valence electrons. The smallest absolute Gasteiger partial charge is 0.251 e. The second-order valence-electron chi connectivity index (χ2n) is 11.7. The number of hydrogen-bond donors (Lipinski definition) is 3. The predicted molar refractivity (Wildman–Crippen MR) is 124 cm³/mol. The van der Waals surface area contributed by atoms with E-state index in [2.05, 4.69) is 19.6 Å². The Hall–Kier alpha value is -1.04. The average Bonchev–Trinajstić information content (AvgIpc) is 2.98. The van der Waals surface area contributed by atoms with Crippen molar-refractivity contribution in [2.45, 2.75) is 109 Å². The zero-order valence-electron chi connectivity index (χ0n) is 20.2. The van der Waals surface area contributed by atoms with Crippen LogP contribution in [0.4, 0.5) is 8.78 Å². The Morgan fingerprint density at radius 3 is 2.56 bits per heavy atom. The Morgan fingerprint density at radius 2 is 1.91 bits per heavy atom. The van der Waals surface area contributed by atoms with E-state index in [0.29, 0.717) is 24.3 Å². The summed E-state index contributed by atoms with van der Waals surface area (Å²) >= 11 is 0. The van der Waals surface area contributed by atoms with Gasteiger partial charge in [-0.1, -0.05) is 38.2 Å². The highest BCUT2D eigenvalue weighted by Gasteiger charge is 2.52. The molecule has 0 bridgehead atoms. The van der Waals surface area contributed by atoms with Crippen LogP contribution >= 0.6 is 0 Å². The van der Waals surface area contributed by atoms with Crippen molar-refractivity contribution in [1.82, 2.24) is 0 Å². The number of alkyl halides is 2. The molecule has 0 aliphatic heterocycles. The van der Waals surface area contributed by atoms with Gasteiger partial charge in [0.1, 0.15) is 0 Å². The molecule has 3 N–H and O–H groups in total.